The topological polar surface area (TPSA) is 55.4 Å². The minimum absolute atomic E-state index is 0.0490. The Hall–Kier alpha value is -1.07. The Morgan fingerprint density at radius 1 is 1.29 bits per heavy atom. The van der Waals surface area contributed by atoms with Gasteiger partial charge >= 0.3 is 0 Å². The normalized spacial score (nSPS) is 24.8. The monoisotopic (exact) mass is 255 g/mol. The van der Waals surface area contributed by atoms with Crippen molar-refractivity contribution < 1.29 is 13.2 Å². The standard InChI is InChI=1S/C12H17NO3S/c1-12(7-8-16-9-12)13-10-3-5-11(6-4-10)17(2,14)15/h3-6,13H,7-9H2,1-2H3. The molecule has 0 aromatic heterocycles. The summed E-state index contributed by atoms with van der Waals surface area (Å²) in [5.74, 6) is 0. The molecule has 0 radical (unpaired) electrons. The zero-order valence-corrected chi connectivity index (χ0v) is 10.9. The predicted molar refractivity (Wildman–Crippen MR) is 67.0 cm³/mol. The van der Waals surface area contributed by atoms with E-state index in [-0.39, 0.29) is 5.54 Å². The lowest BCUT2D eigenvalue weighted by molar-refractivity contribution is 0.185. The van der Waals surface area contributed by atoms with Crippen LogP contribution in [0.3, 0.4) is 0 Å². The maximum atomic E-state index is 11.3. The van der Waals surface area contributed by atoms with E-state index in [0.29, 0.717) is 11.5 Å². The molecule has 0 amide bonds. The van der Waals surface area contributed by atoms with Crippen LogP contribution in [-0.4, -0.2) is 33.4 Å². The molecule has 0 bridgehead atoms. The number of nitrogens with one attached hydrogen (secondary N) is 1. The number of anilines is 1. The number of hydrogen-bond donors (Lipinski definition) is 1. The van der Waals surface area contributed by atoms with Crippen LogP contribution in [0.5, 0.6) is 0 Å². The lowest BCUT2D eigenvalue weighted by atomic mass is 10.0. The van der Waals surface area contributed by atoms with Gasteiger partial charge < -0.3 is 10.1 Å². The van der Waals surface area contributed by atoms with Crippen molar-refractivity contribution >= 4 is 15.5 Å². The lowest BCUT2D eigenvalue weighted by Crippen LogP contribution is -2.34. The van der Waals surface area contributed by atoms with Gasteiger partial charge in [0.2, 0.25) is 0 Å². The van der Waals surface area contributed by atoms with Gasteiger partial charge in [0.1, 0.15) is 0 Å². The van der Waals surface area contributed by atoms with Crippen LogP contribution in [-0.2, 0) is 14.6 Å². The van der Waals surface area contributed by atoms with Gasteiger partial charge in [-0.15, -0.1) is 0 Å². The first-order chi connectivity index (χ1) is 7.89. The van der Waals surface area contributed by atoms with Crippen LogP contribution in [0.15, 0.2) is 29.2 Å². The molecule has 1 saturated heterocycles. The third-order valence-electron chi connectivity index (χ3n) is 2.95. The average molecular weight is 255 g/mol. The van der Waals surface area contributed by atoms with Crippen molar-refractivity contribution in [3.8, 4) is 0 Å². The fourth-order valence-electron chi connectivity index (χ4n) is 1.90. The molecule has 2 rings (SSSR count). The van der Waals surface area contributed by atoms with E-state index in [4.69, 9.17) is 4.74 Å². The summed E-state index contributed by atoms with van der Waals surface area (Å²) in [6.45, 7) is 3.55. The molecule has 1 atom stereocenters. The second kappa shape index (κ2) is 4.31. The summed E-state index contributed by atoms with van der Waals surface area (Å²) >= 11 is 0. The molecule has 94 valence electrons. The van der Waals surface area contributed by atoms with Gasteiger partial charge in [0.25, 0.3) is 0 Å². The van der Waals surface area contributed by atoms with Crippen molar-refractivity contribution in [2.24, 2.45) is 0 Å². The molecule has 1 aliphatic rings. The van der Waals surface area contributed by atoms with Crippen molar-refractivity contribution in [3.63, 3.8) is 0 Å². The molecule has 1 fully saturated rings. The van der Waals surface area contributed by atoms with Gasteiger partial charge in [0.05, 0.1) is 17.0 Å². The predicted octanol–water partition coefficient (Wildman–Crippen LogP) is 1.68. The first kappa shape index (κ1) is 12.4. The first-order valence-electron chi connectivity index (χ1n) is 5.55. The third kappa shape index (κ3) is 2.98. The fraction of sp³-hybridized carbons (Fsp3) is 0.500. The van der Waals surface area contributed by atoms with Gasteiger partial charge in [0, 0.05) is 18.6 Å². The maximum Gasteiger partial charge on any atom is 0.175 e. The highest BCUT2D eigenvalue weighted by Gasteiger charge is 2.29. The van der Waals surface area contributed by atoms with Gasteiger partial charge in [-0.05, 0) is 37.6 Å². The van der Waals surface area contributed by atoms with E-state index in [0.717, 1.165) is 18.7 Å². The number of benzene rings is 1. The molecule has 0 spiro atoms. The SMILES string of the molecule is CC1(Nc2ccc(S(C)(=O)=O)cc2)CCOC1. The Morgan fingerprint density at radius 2 is 1.94 bits per heavy atom. The van der Waals surface area contributed by atoms with Crippen molar-refractivity contribution in [3.05, 3.63) is 24.3 Å². The number of hydrogen-bond acceptors (Lipinski definition) is 4. The first-order valence-corrected chi connectivity index (χ1v) is 7.44. The largest absolute Gasteiger partial charge is 0.379 e. The third-order valence-corrected chi connectivity index (χ3v) is 4.08. The quantitative estimate of drug-likeness (QED) is 0.893. The smallest absolute Gasteiger partial charge is 0.175 e. The zero-order valence-electron chi connectivity index (χ0n) is 10.1. The molecule has 4 nitrogen and oxygen atoms in total. The second-order valence-corrected chi connectivity index (χ2v) is 6.80. The van der Waals surface area contributed by atoms with Crippen molar-refractivity contribution in [1.29, 1.82) is 0 Å². The summed E-state index contributed by atoms with van der Waals surface area (Å²) in [6, 6.07) is 6.83. The van der Waals surface area contributed by atoms with Crippen LogP contribution in [0, 0.1) is 0 Å². The molecule has 1 unspecified atom stereocenters. The molecule has 0 aliphatic carbocycles. The van der Waals surface area contributed by atoms with E-state index in [9.17, 15) is 8.42 Å². The number of sulfone groups is 1. The molecule has 0 saturated carbocycles. The van der Waals surface area contributed by atoms with E-state index in [2.05, 4.69) is 12.2 Å². The highest BCUT2D eigenvalue weighted by atomic mass is 32.2. The lowest BCUT2D eigenvalue weighted by Gasteiger charge is -2.25. The highest BCUT2D eigenvalue weighted by molar-refractivity contribution is 7.90. The summed E-state index contributed by atoms with van der Waals surface area (Å²) in [5, 5.41) is 3.38. The van der Waals surface area contributed by atoms with Gasteiger partial charge in [-0.25, -0.2) is 8.42 Å². The maximum absolute atomic E-state index is 11.3. The molecule has 1 N–H and O–H groups in total. The molecule has 17 heavy (non-hydrogen) atoms. The van der Waals surface area contributed by atoms with Crippen LogP contribution in [0.2, 0.25) is 0 Å². The van der Waals surface area contributed by atoms with E-state index in [1.807, 2.05) is 0 Å². The molecule has 1 aromatic rings. The van der Waals surface area contributed by atoms with Gasteiger partial charge in [0.15, 0.2) is 9.84 Å². The molecule has 1 heterocycles. The van der Waals surface area contributed by atoms with Crippen LogP contribution in [0.1, 0.15) is 13.3 Å². The summed E-state index contributed by atoms with van der Waals surface area (Å²) in [4.78, 5) is 0.343. The Balaban J connectivity index is 2.13. The fourth-order valence-corrected chi connectivity index (χ4v) is 2.53. The highest BCUT2D eigenvalue weighted by Crippen LogP contribution is 2.24. The van der Waals surface area contributed by atoms with Crippen molar-refractivity contribution in [1.82, 2.24) is 0 Å². The van der Waals surface area contributed by atoms with E-state index in [1.54, 1.807) is 24.3 Å². The molecular weight excluding hydrogens is 238 g/mol. The van der Waals surface area contributed by atoms with Crippen molar-refractivity contribution in [2.45, 2.75) is 23.8 Å². The summed E-state index contributed by atoms with van der Waals surface area (Å²) < 4.78 is 28.0. The Bertz CT molecular complexity index is 487. The van der Waals surface area contributed by atoms with E-state index < -0.39 is 9.84 Å². The minimum atomic E-state index is -3.11. The Kier molecular flexibility index (Phi) is 3.14. The van der Waals surface area contributed by atoms with Crippen molar-refractivity contribution in [2.75, 3.05) is 24.8 Å². The minimum Gasteiger partial charge on any atom is -0.379 e. The molecule has 1 aliphatic heterocycles. The van der Waals surface area contributed by atoms with Gasteiger partial charge in [-0.2, -0.15) is 0 Å². The van der Waals surface area contributed by atoms with Crippen LogP contribution < -0.4 is 5.32 Å². The molecular formula is C12H17NO3S. The number of rotatable bonds is 3. The Morgan fingerprint density at radius 3 is 2.41 bits per heavy atom. The summed E-state index contributed by atoms with van der Waals surface area (Å²) in [5.41, 5.74) is 0.873. The number of ether oxygens (including phenoxy) is 1. The molecule has 5 heteroatoms. The summed E-state index contributed by atoms with van der Waals surface area (Å²) in [6.07, 6.45) is 2.17. The van der Waals surface area contributed by atoms with Crippen LogP contribution in [0.4, 0.5) is 5.69 Å². The second-order valence-electron chi connectivity index (χ2n) is 4.78. The Labute approximate surface area is 102 Å². The average Bonchev–Trinajstić information content (AvgIpc) is 2.64. The van der Waals surface area contributed by atoms with Gasteiger partial charge in [-0.3, -0.25) is 0 Å². The van der Waals surface area contributed by atoms with E-state index in [1.165, 1.54) is 6.26 Å². The van der Waals surface area contributed by atoms with Crippen LogP contribution in [0.25, 0.3) is 0 Å². The van der Waals surface area contributed by atoms with Crippen LogP contribution >= 0.6 is 0 Å². The molecule has 1 aromatic carbocycles. The zero-order chi connectivity index (χ0) is 12.5. The van der Waals surface area contributed by atoms with E-state index >= 15 is 0 Å². The van der Waals surface area contributed by atoms with Gasteiger partial charge in [-0.1, -0.05) is 0 Å². The summed E-state index contributed by atoms with van der Waals surface area (Å²) in [7, 11) is -3.11.